The quantitative estimate of drug-likeness (QED) is 0.434. The Bertz CT molecular complexity index is 1570. The standard InChI is InChI=1S/C25H23N3O4S2/c1-27-23-21(32-2)8-5-9-22(23)33-25(27)26-24(29)18-10-12-20(13-11-18)34(30,31)28-15-14-17-6-3-4-7-19(17)16-28/h3-13H,14-16H2,1-2H3. The van der Waals surface area contributed by atoms with Gasteiger partial charge in [0.1, 0.15) is 11.3 Å². The third-order valence-corrected chi connectivity index (χ3v) is 8.99. The van der Waals surface area contributed by atoms with Crippen LogP contribution >= 0.6 is 11.3 Å². The minimum absolute atomic E-state index is 0.167. The number of fused-ring (bicyclic) bond motifs is 2. The minimum atomic E-state index is -3.66. The molecule has 0 atom stereocenters. The second-order valence-electron chi connectivity index (χ2n) is 8.05. The second-order valence-corrected chi connectivity index (χ2v) is 11.0. The highest BCUT2D eigenvalue weighted by Crippen LogP contribution is 2.27. The van der Waals surface area contributed by atoms with Crippen molar-refractivity contribution in [3.8, 4) is 5.75 Å². The van der Waals surface area contributed by atoms with Crippen LogP contribution in [0.15, 0.2) is 76.6 Å². The molecule has 1 aliphatic rings. The average molecular weight is 494 g/mol. The Labute approximate surface area is 201 Å². The van der Waals surface area contributed by atoms with Crippen molar-refractivity contribution in [2.75, 3.05) is 13.7 Å². The van der Waals surface area contributed by atoms with E-state index in [-0.39, 0.29) is 4.90 Å². The molecule has 0 radical (unpaired) electrons. The van der Waals surface area contributed by atoms with Crippen molar-refractivity contribution in [2.24, 2.45) is 12.0 Å². The van der Waals surface area contributed by atoms with Crippen LogP contribution in [0.4, 0.5) is 0 Å². The first-order valence-electron chi connectivity index (χ1n) is 10.8. The van der Waals surface area contributed by atoms with Crippen molar-refractivity contribution < 1.29 is 17.9 Å². The van der Waals surface area contributed by atoms with Gasteiger partial charge in [0.05, 0.1) is 16.7 Å². The number of amides is 1. The minimum Gasteiger partial charge on any atom is -0.495 e. The van der Waals surface area contributed by atoms with Crippen LogP contribution in [0.2, 0.25) is 0 Å². The van der Waals surface area contributed by atoms with Gasteiger partial charge in [-0.15, -0.1) is 0 Å². The van der Waals surface area contributed by atoms with E-state index in [1.54, 1.807) is 7.11 Å². The predicted molar refractivity (Wildman–Crippen MR) is 131 cm³/mol. The first-order chi connectivity index (χ1) is 16.4. The summed E-state index contributed by atoms with van der Waals surface area (Å²) in [5.74, 6) is 0.275. The van der Waals surface area contributed by atoms with E-state index in [1.807, 2.05) is 54.1 Å². The van der Waals surface area contributed by atoms with Crippen molar-refractivity contribution in [1.82, 2.24) is 8.87 Å². The SMILES string of the molecule is COc1cccc2sc(=NC(=O)c3ccc(S(=O)(=O)N4CCc5ccccc5C4)cc3)n(C)c12. The molecular formula is C25H23N3O4S2. The lowest BCUT2D eigenvalue weighted by molar-refractivity contribution is 0.0998. The molecule has 1 aliphatic heterocycles. The van der Waals surface area contributed by atoms with E-state index in [1.165, 1.54) is 45.5 Å². The van der Waals surface area contributed by atoms with Crippen molar-refractivity contribution in [3.05, 3.63) is 88.2 Å². The lowest BCUT2D eigenvalue weighted by Crippen LogP contribution is -2.35. The van der Waals surface area contributed by atoms with E-state index >= 15 is 0 Å². The maximum Gasteiger partial charge on any atom is 0.279 e. The second kappa shape index (κ2) is 8.83. The topological polar surface area (TPSA) is 81.0 Å². The normalized spacial score (nSPS) is 14.8. The van der Waals surface area contributed by atoms with Crippen molar-refractivity contribution in [3.63, 3.8) is 0 Å². The maximum atomic E-state index is 13.2. The van der Waals surface area contributed by atoms with Crippen molar-refractivity contribution in [2.45, 2.75) is 17.9 Å². The summed E-state index contributed by atoms with van der Waals surface area (Å²) >= 11 is 1.39. The number of carbonyl (C=O) groups excluding carboxylic acids is 1. The summed E-state index contributed by atoms with van der Waals surface area (Å²) in [7, 11) is -0.225. The number of aryl methyl sites for hydroxylation is 1. The van der Waals surface area contributed by atoms with Crippen LogP contribution in [-0.2, 0) is 30.0 Å². The third-order valence-electron chi connectivity index (χ3n) is 6.04. The van der Waals surface area contributed by atoms with E-state index in [0.29, 0.717) is 35.6 Å². The number of ether oxygens (including phenoxy) is 1. The number of benzene rings is 3. The third kappa shape index (κ3) is 3.96. The zero-order chi connectivity index (χ0) is 23.9. The lowest BCUT2D eigenvalue weighted by Gasteiger charge is -2.28. The number of methoxy groups -OCH3 is 1. The molecule has 9 heteroatoms. The molecule has 1 aromatic heterocycles. The Morgan fingerprint density at radius 3 is 2.47 bits per heavy atom. The molecule has 0 bridgehead atoms. The first-order valence-corrected chi connectivity index (χ1v) is 13.0. The molecular weight excluding hydrogens is 470 g/mol. The van der Waals surface area contributed by atoms with Crippen LogP contribution in [0.5, 0.6) is 5.75 Å². The number of rotatable bonds is 4. The molecule has 1 amide bonds. The average Bonchev–Trinajstić information content (AvgIpc) is 3.18. The number of hydrogen-bond acceptors (Lipinski definition) is 5. The van der Waals surface area contributed by atoms with Crippen LogP contribution in [-0.4, -0.2) is 36.9 Å². The fraction of sp³-hybridized carbons (Fsp3) is 0.200. The largest absolute Gasteiger partial charge is 0.495 e. The van der Waals surface area contributed by atoms with E-state index < -0.39 is 15.9 Å². The Morgan fingerprint density at radius 2 is 1.74 bits per heavy atom. The summed E-state index contributed by atoms with van der Waals surface area (Å²) in [4.78, 5) is 17.8. The summed E-state index contributed by atoms with van der Waals surface area (Å²) in [5, 5.41) is 0. The highest BCUT2D eigenvalue weighted by molar-refractivity contribution is 7.89. The zero-order valence-electron chi connectivity index (χ0n) is 18.8. The van der Waals surface area contributed by atoms with Gasteiger partial charge >= 0.3 is 0 Å². The Morgan fingerprint density at radius 1 is 1.00 bits per heavy atom. The van der Waals surface area contributed by atoms with Gasteiger partial charge in [0.15, 0.2) is 4.80 Å². The molecule has 0 N–H and O–H groups in total. The van der Waals surface area contributed by atoms with E-state index in [0.717, 1.165) is 15.8 Å². The van der Waals surface area contributed by atoms with Gasteiger partial charge < -0.3 is 9.30 Å². The first kappa shape index (κ1) is 22.5. The molecule has 7 nitrogen and oxygen atoms in total. The maximum absolute atomic E-state index is 13.2. The monoisotopic (exact) mass is 493 g/mol. The molecule has 0 saturated heterocycles. The van der Waals surface area contributed by atoms with Gasteiger partial charge in [-0.25, -0.2) is 8.42 Å². The summed E-state index contributed by atoms with van der Waals surface area (Å²) in [6.45, 7) is 0.779. The van der Waals surface area contributed by atoms with Crippen LogP contribution < -0.4 is 9.54 Å². The van der Waals surface area contributed by atoms with Gasteiger partial charge in [-0.1, -0.05) is 41.7 Å². The van der Waals surface area contributed by atoms with Crippen LogP contribution in [0, 0.1) is 0 Å². The van der Waals surface area contributed by atoms with Crippen LogP contribution in [0.1, 0.15) is 21.5 Å². The van der Waals surface area contributed by atoms with Gasteiger partial charge in [0.25, 0.3) is 5.91 Å². The molecule has 0 spiro atoms. The van der Waals surface area contributed by atoms with Crippen molar-refractivity contribution >= 4 is 37.5 Å². The highest BCUT2D eigenvalue weighted by atomic mass is 32.2. The molecule has 0 fully saturated rings. The molecule has 2 heterocycles. The molecule has 4 aromatic rings. The number of para-hydroxylation sites is 1. The Balaban J connectivity index is 1.41. The molecule has 0 saturated carbocycles. The number of carbonyl (C=O) groups is 1. The Hall–Kier alpha value is -3.27. The summed E-state index contributed by atoms with van der Waals surface area (Å²) in [6, 6.07) is 19.6. The molecule has 34 heavy (non-hydrogen) atoms. The Kier molecular flexibility index (Phi) is 5.85. The summed E-state index contributed by atoms with van der Waals surface area (Å²) in [6.07, 6.45) is 0.682. The van der Waals surface area contributed by atoms with Gasteiger partial charge in [0, 0.05) is 25.7 Å². The molecule has 0 unspecified atom stereocenters. The lowest BCUT2D eigenvalue weighted by atomic mass is 10.0. The van der Waals surface area contributed by atoms with E-state index in [2.05, 4.69) is 4.99 Å². The van der Waals surface area contributed by atoms with Crippen molar-refractivity contribution in [1.29, 1.82) is 0 Å². The highest BCUT2D eigenvalue weighted by Gasteiger charge is 2.28. The van der Waals surface area contributed by atoms with Gasteiger partial charge in [-0.2, -0.15) is 9.30 Å². The van der Waals surface area contributed by atoms with Gasteiger partial charge in [0.2, 0.25) is 10.0 Å². The summed E-state index contributed by atoms with van der Waals surface area (Å²) < 4.78 is 36.0. The number of nitrogens with zero attached hydrogens (tertiary/aromatic N) is 3. The van der Waals surface area contributed by atoms with Gasteiger partial charge in [-0.05, 0) is 53.9 Å². The van der Waals surface area contributed by atoms with E-state index in [4.69, 9.17) is 4.74 Å². The molecule has 0 aliphatic carbocycles. The fourth-order valence-electron chi connectivity index (χ4n) is 4.19. The number of hydrogen-bond donors (Lipinski definition) is 0. The molecule has 174 valence electrons. The number of aromatic nitrogens is 1. The smallest absolute Gasteiger partial charge is 0.279 e. The number of sulfonamides is 1. The van der Waals surface area contributed by atoms with E-state index in [9.17, 15) is 13.2 Å². The summed E-state index contributed by atoms with van der Waals surface area (Å²) in [5.41, 5.74) is 3.40. The van der Waals surface area contributed by atoms with Crippen LogP contribution in [0.3, 0.4) is 0 Å². The predicted octanol–water partition coefficient (Wildman–Crippen LogP) is 3.74. The molecule has 3 aromatic carbocycles. The zero-order valence-corrected chi connectivity index (χ0v) is 20.4. The molecule has 5 rings (SSSR count). The van der Waals surface area contributed by atoms with Crippen LogP contribution in [0.25, 0.3) is 10.2 Å². The fourth-order valence-corrected chi connectivity index (χ4v) is 6.64. The van der Waals surface area contributed by atoms with Gasteiger partial charge in [-0.3, -0.25) is 4.79 Å². The number of thiazole rings is 1.